The number of hydrogen-bond donors (Lipinski definition) is 3. The molecule has 2 aromatic rings. The lowest BCUT2D eigenvalue weighted by Crippen LogP contribution is -2.22. The van der Waals surface area contributed by atoms with Crippen LogP contribution in [0.4, 0.5) is 16.2 Å². The number of aromatic nitrogens is 1. The van der Waals surface area contributed by atoms with Crippen molar-refractivity contribution in [2.24, 2.45) is 5.92 Å². The summed E-state index contributed by atoms with van der Waals surface area (Å²) in [5.74, 6) is 0.455. The summed E-state index contributed by atoms with van der Waals surface area (Å²) in [6.07, 6.45) is 5.15. The molecule has 36 heavy (non-hydrogen) atoms. The Morgan fingerprint density at radius 3 is 2.03 bits per heavy atom. The van der Waals surface area contributed by atoms with Crippen molar-refractivity contribution in [3.05, 3.63) is 42.0 Å². The van der Waals surface area contributed by atoms with Gasteiger partial charge in [-0.3, -0.25) is 4.79 Å². The molecule has 1 heterocycles. The summed E-state index contributed by atoms with van der Waals surface area (Å²) in [5.41, 5.74) is 2.34. The number of carboxylic acid groups (broad SMARTS) is 1. The molecule has 1 aromatic heterocycles. The van der Waals surface area contributed by atoms with E-state index in [0.717, 1.165) is 36.9 Å². The first kappa shape index (κ1) is 28.9. The summed E-state index contributed by atoms with van der Waals surface area (Å²) < 4.78 is 11.4. The Morgan fingerprint density at radius 1 is 0.861 bits per heavy atom. The smallest absolute Gasteiger partial charge is 0.323 e. The SMILES string of the molecule is CC(C)Oc1ccc(NC(=O)Nc2ccccc2C(C)C)c(OC(C)C)n1.O=C(O)C1CCCCC1. The zero-order valence-electron chi connectivity index (χ0n) is 22.3. The molecule has 3 rings (SSSR count). The molecular weight excluding hydrogens is 458 g/mol. The minimum atomic E-state index is -0.602. The molecule has 0 unspecified atom stereocenters. The van der Waals surface area contributed by atoms with Crippen molar-refractivity contribution in [1.29, 1.82) is 0 Å². The number of aliphatic carboxylic acids is 1. The van der Waals surface area contributed by atoms with Crippen LogP contribution in [-0.2, 0) is 4.79 Å². The van der Waals surface area contributed by atoms with Crippen molar-refractivity contribution in [2.75, 3.05) is 10.6 Å². The van der Waals surface area contributed by atoms with Crippen LogP contribution < -0.4 is 20.1 Å². The molecule has 0 aliphatic heterocycles. The number of nitrogens with zero attached hydrogens (tertiary/aromatic N) is 1. The lowest BCUT2D eigenvalue weighted by molar-refractivity contribution is -0.142. The quantitative estimate of drug-likeness (QED) is 0.358. The van der Waals surface area contributed by atoms with Crippen LogP contribution in [0, 0.1) is 5.92 Å². The molecular formula is C28H41N3O5. The average Bonchev–Trinajstić information content (AvgIpc) is 2.81. The fraction of sp³-hybridized carbons (Fsp3) is 0.536. The van der Waals surface area contributed by atoms with E-state index >= 15 is 0 Å². The van der Waals surface area contributed by atoms with Crippen LogP contribution in [0.25, 0.3) is 0 Å². The van der Waals surface area contributed by atoms with Crippen molar-refractivity contribution < 1.29 is 24.2 Å². The van der Waals surface area contributed by atoms with E-state index in [1.54, 1.807) is 12.1 Å². The maximum absolute atomic E-state index is 12.5. The maximum Gasteiger partial charge on any atom is 0.323 e. The minimum absolute atomic E-state index is 0.000886. The molecule has 1 aromatic carbocycles. The fourth-order valence-electron chi connectivity index (χ4n) is 3.88. The Balaban J connectivity index is 0.000000425. The van der Waals surface area contributed by atoms with Crippen LogP contribution >= 0.6 is 0 Å². The highest BCUT2D eigenvalue weighted by Gasteiger charge is 2.19. The first-order valence-electron chi connectivity index (χ1n) is 12.8. The number of nitrogens with one attached hydrogen (secondary N) is 2. The van der Waals surface area contributed by atoms with Gasteiger partial charge in [-0.2, -0.15) is 4.98 Å². The highest BCUT2D eigenvalue weighted by molar-refractivity contribution is 6.01. The number of anilines is 2. The molecule has 3 N–H and O–H groups in total. The van der Waals surface area contributed by atoms with Gasteiger partial charge in [0.15, 0.2) is 0 Å². The minimum Gasteiger partial charge on any atom is -0.481 e. The number of rotatable bonds is 8. The second-order valence-electron chi connectivity index (χ2n) is 9.83. The van der Waals surface area contributed by atoms with E-state index in [-0.39, 0.29) is 24.2 Å². The molecule has 1 saturated carbocycles. The van der Waals surface area contributed by atoms with Crippen LogP contribution in [0.2, 0.25) is 0 Å². The number of pyridine rings is 1. The van der Waals surface area contributed by atoms with Gasteiger partial charge in [0.05, 0.1) is 18.1 Å². The zero-order chi connectivity index (χ0) is 26.7. The largest absolute Gasteiger partial charge is 0.481 e. The Kier molecular flexibility index (Phi) is 11.5. The molecule has 2 amide bonds. The van der Waals surface area contributed by atoms with Gasteiger partial charge in [0.25, 0.3) is 0 Å². The van der Waals surface area contributed by atoms with Gasteiger partial charge in [0, 0.05) is 11.8 Å². The van der Waals surface area contributed by atoms with Crippen molar-refractivity contribution in [3.8, 4) is 11.8 Å². The van der Waals surface area contributed by atoms with E-state index in [0.29, 0.717) is 23.4 Å². The van der Waals surface area contributed by atoms with Crippen molar-refractivity contribution in [1.82, 2.24) is 4.98 Å². The lowest BCUT2D eigenvalue weighted by atomic mass is 9.90. The first-order chi connectivity index (χ1) is 17.1. The average molecular weight is 500 g/mol. The number of ether oxygens (including phenoxy) is 2. The molecule has 0 atom stereocenters. The number of para-hydroxylation sites is 1. The van der Waals surface area contributed by atoms with Crippen LogP contribution in [-0.4, -0.2) is 34.3 Å². The third kappa shape index (κ3) is 9.76. The number of carbonyl (C=O) groups excluding carboxylic acids is 1. The maximum atomic E-state index is 12.5. The van der Waals surface area contributed by atoms with Gasteiger partial charge in [0.1, 0.15) is 5.69 Å². The Hall–Kier alpha value is -3.29. The van der Waals surface area contributed by atoms with Gasteiger partial charge in [-0.1, -0.05) is 51.3 Å². The summed E-state index contributed by atoms with van der Waals surface area (Å²) in [6.45, 7) is 11.8. The van der Waals surface area contributed by atoms with Gasteiger partial charge in [-0.25, -0.2) is 4.79 Å². The molecule has 198 valence electrons. The van der Waals surface area contributed by atoms with Crippen LogP contribution in [0.15, 0.2) is 36.4 Å². The number of urea groups is 1. The van der Waals surface area contributed by atoms with Crippen molar-refractivity contribution in [3.63, 3.8) is 0 Å². The molecule has 0 radical (unpaired) electrons. The third-order valence-electron chi connectivity index (χ3n) is 5.57. The van der Waals surface area contributed by atoms with Gasteiger partial charge in [-0.05, 0) is 64.2 Å². The zero-order valence-corrected chi connectivity index (χ0v) is 22.3. The molecule has 0 bridgehead atoms. The second kappa shape index (κ2) is 14.3. The summed E-state index contributed by atoms with van der Waals surface area (Å²) in [6, 6.07) is 10.8. The molecule has 8 nitrogen and oxygen atoms in total. The van der Waals surface area contributed by atoms with Crippen LogP contribution in [0.3, 0.4) is 0 Å². The van der Waals surface area contributed by atoms with Gasteiger partial charge in [-0.15, -0.1) is 0 Å². The highest BCUT2D eigenvalue weighted by atomic mass is 16.5. The van der Waals surface area contributed by atoms with Crippen molar-refractivity contribution in [2.45, 2.75) is 91.8 Å². The number of amides is 2. The lowest BCUT2D eigenvalue weighted by Gasteiger charge is -2.17. The molecule has 0 saturated heterocycles. The predicted octanol–water partition coefficient (Wildman–Crippen LogP) is 7.07. The van der Waals surface area contributed by atoms with E-state index in [9.17, 15) is 9.59 Å². The molecule has 1 aliphatic carbocycles. The van der Waals surface area contributed by atoms with Gasteiger partial charge < -0.3 is 25.2 Å². The number of benzene rings is 1. The predicted molar refractivity (Wildman–Crippen MR) is 143 cm³/mol. The fourth-order valence-corrected chi connectivity index (χ4v) is 3.88. The Labute approximate surface area is 214 Å². The third-order valence-corrected chi connectivity index (χ3v) is 5.57. The van der Waals surface area contributed by atoms with E-state index < -0.39 is 5.97 Å². The van der Waals surface area contributed by atoms with Crippen LogP contribution in [0.1, 0.15) is 85.1 Å². The van der Waals surface area contributed by atoms with Crippen molar-refractivity contribution >= 4 is 23.4 Å². The molecule has 1 fully saturated rings. The number of carbonyl (C=O) groups is 2. The van der Waals surface area contributed by atoms with E-state index in [1.807, 2.05) is 52.0 Å². The summed E-state index contributed by atoms with van der Waals surface area (Å²) >= 11 is 0. The topological polar surface area (TPSA) is 110 Å². The Bertz CT molecular complexity index is 985. The monoisotopic (exact) mass is 499 g/mol. The van der Waals surface area contributed by atoms with E-state index in [4.69, 9.17) is 14.6 Å². The normalized spacial score (nSPS) is 13.7. The van der Waals surface area contributed by atoms with Crippen LogP contribution in [0.5, 0.6) is 11.8 Å². The molecule has 8 heteroatoms. The summed E-state index contributed by atoms with van der Waals surface area (Å²) in [7, 11) is 0. The number of hydrogen-bond acceptors (Lipinski definition) is 5. The standard InChI is InChI=1S/C21H29N3O3.C7H12O2/c1-13(2)16-9-7-8-10-17(16)22-21(25)23-18-11-12-19(26-14(3)4)24-20(18)27-15(5)6;8-7(9)6-4-2-1-3-5-6/h7-15H,1-6H3,(H2,22,23,25);6H,1-5H2,(H,8,9). The highest BCUT2D eigenvalue weighted by Crippen LogP contribution is 2.28. The van der Waals surface area contributed by atoms with E-state index in [1.165, 1.54) is 6.42 Å². The first-order valence-corrected chi connectivity index (χ1v) is 12.8. The van der Waals surface area contributed by atoms with Gasteiger partial charge in [0.2, 0.25) is 11.8 Å². The van der Waals surface area contributed by atoms with E-state index in [2.05, 4.69) is 29.5 Å². The summed E-state index contributed by atoms with van der Waals surface area (Å²) in [5, 5.41) is 14.3. The number of carboxylic acids is 1. The summed E-state index contributed by atoms with van der Waals surface area (Å²) in [4.78, 5) is 27.2. The van der Waals surface area contributed by atoms with Gasteiger partial charge >= 0.3 is 12.0 Å². The molecule has 0 spiro atoms. The Morgan fingerprint density at radius 2 is 1.47 bits per heavy atom. The second-order valence-corrected chi connectivity index (χ2v) is 9.83. The molecule has 1 aliphatic rings.